The highest BCUT2D eigenvalue weighted by Gasteiger charge is 2.41. The van der Waals surface area contributed by atoms with Gasteiger partial charge in [0.1, 0.15) is 5.75 Å². The zero-order valence-corrected chi connectivity index (χ0v) is 11.6. The topological polar surface area (TPSA) is 52.6 Å². The third kappa shape index (κ3) is 2.73. The number of aromatic hydroxyl groups is 1. The van der Waals surface area contributed by atoms with Crippen molar-refractivity contribution in [2.24, 2.45) is 0 Å². The maximum Gasteiger partial charge on any atom is 0.247 e. The van der Waals surface area contributed by atoms with Gasteiger partial charge in [-0.25, -0.2) is 0 Å². The Morgan fingerprint density at radius 1 is 1.42 bits per heavy atom. The summed E-state index contributed by atoms with van der Waals surface area (Å²) >= 11 is 0. The second-order valence-electron chi connectivity index (χ2n) is 5.24. The van der Waals surface area contributed by atoms with Crippen molar-refractivity contribution in [3.63, 3.8) is 0 Å². The fourth-order valence-corrected chi connectivity index (χ4v) is 2.85. The van der Waals surface area contributed by atoms with Gasteiger partial charge in [0.25, 0.3) is 0 Å². The number of nitrogens with zero attached hydrogens (tertiary/aromatic N) is 1. The van der Waals surface area contributed by atoms with Crippen LogP contribution in [-0.4, -0.2) is 30.1 Å². The molecule has 1 saturated heterocycles. The second-order valence-corrected chi connectivity index (χ2v) is 5.24. The molecule has 0 saturated carbocycles. The zero-order valence-electron chi connectivity index (χ0n) is 11.6. The van der Waals surface area contributed by atoms with Crippen molar-refractivity contribution in [3.8, 4) is 5.75 Å². The van der Waals surface area contributed by atoms with Crippen molar-refractivity contribution in [2.45, 2.75) is 38.1 Å². The van der Waals surface area contributed by atoms with Crippen molar-refractivity contribution in [1.82, 2.24) is 5.32 Å². The number of phenolic OH excluding ortho intramolecular Hbond substituents is 1. The number of carbonyl (C=O) groups excluding carboxylic acids is 1. The summed E-state index contributed by atoms with van der Waals surface area (Å²) in [5.74, 6) is 0.337. The first-order valence-corrected chi connectivity index (χ1v) is 6.91. The number of carbonyl (C=O) groups is 1. The normalized spacial score (nSPS) is 22.4. The van der Waals surface area contributed by atoms with E-state index in [-0.39, 0.29) is 11.7 Å². The van der Waals surface area contributed by atoms with Crippen LogP contribution in [0.25, 0.3) is 0 Å². The van der Waals surface area contributed by atoms with E-state index in [1.807, 2.05) is 0 Å². The smallest absolute Gasteiger partial charge is 0.247 e. The molecule has 1 atom stereocenters. The van der Waals surface area contributed by atoms with E-state index < -0.39 is 5.54 Å². The Morgan fingerprint density at radius 3 is 2.63 bits per heavy atom. The number of rotatable bonds is 4. The molecule has 1 fully saturated rings. The monoisotopic (exact) mass is 262 g/mol. The molecule has 1 aromatic rings. The summed E-state index contributed by atoms with van der Waals surface area (Å²) in [7, 11) is 1.80. The van der Waals surface area contributed by atoms with Crippen molar-refractivity contribution in [3.05, 3.63) is 24.3 Å². The van der Waals surface area contributed by atoms with E-state index in [9.17, 15) is 9.90 Å². The van der Waals surface area contributed by atoms with Crippen molar-refractivity contribution >= 4 is 11.6 Å². The van der Waals surface area contributed by atoms with Gasteiger partial charge in [0.2, 0.25) is 5.91 Å². The van der Waals surface area contributed by atoms with Crippen LogP contribution in [0.2, 0.25) is 0 Å². The lowest BCUT2D eigenvalue weighted by atomic mass is 9.90. The van der Waals surface area contributed by atoms with Gasteiger partial charge < -0.3 is 15.3 Å². The number of anilines is 1. The SMILES string of the molecule is CCCC1(C(=O)N(C)c2ccc(O)cc2)CCCN1. The van der Waals surface area contributed by atoms with E-state index in [0.29, 0.717) is 0 Å². The van der Waals surface area contributed by atoms with Crippen molar-refractivity contribution in [1.29, 1.82) is 0 Å². The van der Waals surface area contributed by atoms with E-state index in [0.717, 1.165) is 37.9 Å². The summed E-state index contributed by atoms with van der Waals surface area (Å²) in [5.41, 5.74) is 0.411. The van der Waals surface area contributed by atoms with Crippen LogP contribution < -0.4 is 10.2 Å². The number of benzene rings is 1. The number of phenols is 1. The fourth-order valence-electron chi connectivity index (χ4n) is 2.85. The van der Waals surface area contributed by atoms with Gasteiger partial charge in [-0.05, 0) is 50.1 Å². The van der Waals surface area contributed by atoms with Crippen LogP contribution in [-0.2, 0) is 4.79 Å². The summed E-state index contributed by atoms with van der Waals surface area (Å²) in [4.78, 5) is 14.4. The highest BCUT2D eigenvalue weighted by Crippen LogP contribution is 2.29. The standard InChI is InChI=1S/C15H22N2O2/c1-3-9-15(10-4-11-16-15)14(19)17(2)12-5-7-13(18)8-6-12/h5-8,16,18H,3-4,9-11H2,1-2H3. The van der Waals surface area contributed by atoms with Gasteiger partial charge in [0.05, 0.1) is 5.54 Å². The van der Waals surface area contributed by atoms with E-state index in [1.165, 1.54) is 0 Å². The van der Waals surface area contributed by atoms with Gasteiger partial charge in [-0.2, -0.15) is 0 Å². The molecule has 1 unspecified atom stereocenters. The maximum absolute atomic E-state index is 12.7. The number of hydrogen-bond donors (Lipinski definition) is 2. The maximum atomic E-state index is 12.7. The van der Waals surface area contributed by atoms with Crippen LogP contribution in [0.4, 0.5) is 5.69 Å². The van der Waals surface area contributed by atoms with Crippen LogP contribution >= 0.6 is 0 Å². The molecule has 0 bridgehead atoms. The van der Waals surface area contributed by atoms with Gasteiger partial charge in [-0.3, -0.25) is 4.79 Å². The van der Waals surface area contributed by atoms with Crippen LogP contribution in [0.5, 0.6) is 5.75 Å². The molecule has 1 aliphatic heterocycles. The molecular weight excluding hydrogens is 240 g/mol. The molecule has 4 heteroatoms. The lowest BCUT2D eigenvalue weighted by Gasteiger charge is -2.32. The Morgan fingerprint density at radius 2 is 2.11 bits per heavy atom. The average molecular weight is 262 g/mol. The van der Waals surface area contributed by atoms with E-state index in [4.69, 9.17) is 0 Å². The van der Waals surface area contributed by atoms with Crippen LogP contribution in [0.1, 0.15) is 32.6 Å². The first-order chi connectivity index (χ1) is 9.09. The Hall–Kier alpha value is -1.55. The first kappa shape index (κ1) is 13.9. The van der Waals surface area contributed by atoms with Gasteiger partial charge in [0, 0.05) is 12.7 Å². The minimum absolute atomic E-state index is 0.123. The predicted octanol–water partition coefficient (Wildman–Crippen LogP) is 2.28. The lowest BCUT2D eigenvalue weighted by Crippen LogP contribution is -2.54. The third-order valence-electron chi connectivity index (χ3n) is 3.87. The molecular formula is C15H22N2O2. The number of hydrogen-bond acceptors (Lipinski definition) is 3. The molecule has 0 spiro atoms. The number of nitrogens with one attached hydrogen (secondary N) is 1. The summed E-state index contributed by atoms with van der Waals surface area (Å²) < 4.78 is 0. The molecule has 0 aromatic heterocycles. The van der Waals surface area contributed by atoms with Gasteiger partial charge in [-0.1, -0.05) is 13.3 Å². The quantitative estimate of drug-likeness (QED) is 0.875. The molecule has 1 amide bonds. The number of amides is 1. The Labute approximate surface area is 114 Å². The lowest BCUT2D eigenvalue weighted by molar-refractivity contribution is -0.124. The number of likely N-dealkylation sites (N-methyl/N-ethyl adjacent to an activating group) is 1. The van der Waals surface area contributed by atoms with Gasteiger partial charge >= 0.3 is 0 Å². The molecule has 104 valence electrons. The Balaban J connectivity index is 2.19. The Bertz CT molecular complexity index is 436. The average Bonchev–Trinajstić information content (AvgIpc) is 2.88. The third-order valence-corrected chi connectivity index (χ3v) is 3.87. The zero-order chi connectivity index (χ0) is 13.9. The summed E-state index contributed by atoms with van der Waals surface area (Å²) in [6.45, 7) is 3.02. The molecule has 0 radical (unpaired) electrons. The summed E-state index contributed by atoms with van der Waals surface area (Å²) in [6, 6.07) is 6.74. The molecule has 2 N–H and O–H groups in total. The minimum atomic E-state index is -0.401. The highest BCUT2D eigenvalue weighted by atomic mass is 16.3. The fraction of sp³-hybridized carbons (Fsp3) is 0.533. The first-order valence-electron chi connectivity index (χ1n) is 6.91. The van der Waals surface area contributed by atoms with E-state index in [1.54, 1.807) is 36.2 Å². The predicted molar refractivity (Wildman–Crippen MR) is 76.4 cm³/mol. The Kier molecular flexibility index (Phi) is 4.10. The van der Waals surface area contributed by atoms with E-state index >= 15 is 0 Å². The summed E-state index contributed by atoms with van der Waals surface area (Å²) in [6.07, 6.45) is 3.81. The van der Waals surface area contributed by atoms with Gasteiger partial charge in [0.15, 0.2) is 0 Å². The highest BCUT2D eigenvalue weighted by molar-refractivity contribution is 6.00. The molecule has 4 nitrogen and oxygen atoms in total. The molecule has 19 heavy (non-hydrogen) atoms. The van der Waals surface area contributed by atoms with Crippen LogP contribution in [0.15, 0.2) is 24.3 Å². The van der Waals surface area contributed by atoms with Crippen LogP contribution in [0, 0.1) is 0 Å². The molecule has 1 aromatic carbocycles. The van der Waals surface area contributed by atoms with Crippen LogP contribution in [0.3, 0.4) is 0 Å². The van der Waals surface area contributed by atoms with E-state index in [2.05, 4.69) is 12.2 Å². The minimum Gasteiger partial charge on any atom is -0.508 e. The second kappa shape index (κ2) is 5.61. The van der Waals surface area contributed by atoms with Crippen molar-refractivity contribution < 1.29 is 9.90 Å². The largest absolute Gasteiger partial charge is 0.508 e. The molecule has 1 aliphatic rings. The molecule has 1 heterocycles. The summed E-state index contributed by atoms with van der Waals surface area (Å²) in [5, 5.41) is 12.7. The molecule has 0 aliphatic carbocycles. The van der Waals surface area contributed by atoms with Gasteiger partial charge in [-0.15, -0.1) is 0 Å². The van der Waals surface area contributed by atoms with Crippen molar-refractivity contribution in [2.75, 3.05) is 18.5 Å². The molecule has 2 rings (SSSR count).